The Balaban J connectivity index is 1.11. The highest BCUT2D eigenvalue weighted by Crippen LogP contribution is 2.53. The lowest BCUT2D eigenvalue weighted by Gasteiger charge is -2.52. The average molecular weight is 490 g/mol. The third kappa shape index (κ3) is 4.28. The Morgan fingerprint density at radius 2 is 1.89 bits per heavy atom. The number of nitriles is 1. The molecule has 0 aromatic heterocycles. The van der Waals surface area contributed by atoms with Crippen molar-refractivity contribution >= 4 is 17.4 Å². The summed E-state index contributed by atoms with van der Waals surface area (Å²) in [5, 5.41) is 26.6. The van der Waals surface area contributed by atoms with Crippen LogP contribution in [0.1, 0.15) is 75.3 Å². The Bertz CT molecular complexity index is 1070. The van der Waals surface area contributed by atoms with Crippen molar-refractivity contribution in [1.82, 2.24) is 9.80 Å². The lowest BCUT2D eigenvalue weighted by Crippen LogP contribution is -2.52. The molecule has 7 heteroatoms. The normalized spacial score (nSPS) is 28.5. The number of hydrogen-bond acceptors (Lipinski definition) is 6. The van der Waals surface area contributed by atoms with Gasteiger partial charge in [-0.25, -0.2) is 0 Å². The molecule has 2 saturated carbocycles. The van der Waals surface area contributed by atoms with Gasteiger partial charge in [0.05, 0.1) is 29.5 Å². The fourth-order valence-electron chi connectivity index (χ4n) is 7.59. The van der Waals surface area contributed by atoms with Gasteiger partial charge < -0.3 is 14.9 Å². The van der Waals surface area contributed by atoms with E-state index in [0.717, 1.165) is 68.4 Å². The molecule has 1 aromatic carbocycles. The average Bonchev–Trinajstić information content (AvgIpc) is 3.63. The third-order valence-corrected chi connectivity index (χ3v) is 9.84. The van der Waals surface area contributed by atoms with E-state index < -0.39 is 0 Å². The maximum Gasteiger partial charge on any atom is 0.225 e. The van der Waals surface area contributed by atoms with Crippen LogP contribution in [0.15, 0.2) is 23.3 Å². The molecule has 1 aromatic rings. The summed E-state index contributed by atoms with van der Waals surface area (Å²) >= 11 is 0. The van der Waals surface area contributed by atoms with E-state index in [9.17, 15) is 15.2 Å². The highest BCUT2D eigenvalue weighted by molar-refractivity contribution is 5.87. The van der Waals surface area contributed by atoms with Gasteiger partial charge in [0.15, 0.2) is 0 Å². The van der Waals surface area contributed by atoms with Gasteiger partial charge >= 0.3 is 0 Å². The Morgan fingerprint density at radius 3 is 2.53 bits per heavy atom. The van der Waals surface area contributed by atoms with Crippen LogP contribution >= 0.6 is 0 Å². The summed E-state index contributed by atoms with van der Waals surface area (Å²) in [5.41, 5.74) is 3.18. The minimum atomic E-state index is -0.334. The van der Waals surface area contributed by atoms with Gasteiger partial charge in [-0.1, -0.05) is 12.8 Å². The zero-order valence-electron chi connectivity index (χ0n) is 21.5. The number of rotatable bonds is 3. The molecular formula is C29H39N5O2. The maximum atomic E-state index is 12.8. The Kier molecular flexibility index (Phi) is 6.19. The minimum absolute atomic E-state index is 0.160. The Hall–Kier alpha value is -2.59. The molecule has 36 heavy (non-hydrogen) atoms. The van der Waals surface area contributed by atoms with Gasteiger partial charge in [-0.2, -0.15) is 10.4 Å². The van der Waals surface area contributed by atoms with Crippen molar-refractivity contribution in [3.8, 4) is 6.07 Å². The van der Waals surface area contributed by atoms with Gasteiger partial charge in [-0.05, 0) is 87.0 Å². The molecule has 1 spiro atoms. The van der Waals surface area contributed by atoms with Crippen LogP contribution in [0.5, 0.6) is 0 Å². The number of likely N-dealkylation sites (tertiary alicyclic amines) is 2. The van der Waals surface area contributed by atoms with Crippen molar-refractivity contribution in [2.24, 2.45) is 22.4 Å². The largest absolute Gasteiger partial charge is 0.391 e. The number of carbonyl (C=O) groups is 1. The smallest absolute Gasteiger partial charge is 0.225 e. The molecule has 2 saturated heterocycles. The van der Waals surface area contributed by atoms with Crippen LogP contribution in [0.3, 0.4) is 0 Å². The number of benzene rings is 1. The van der Waals surface area contributed by atoms with E-state index in [2.05, 4.69) is 28.1 Å². The second-order valence-corrected chi connectivity index (χ2v) is 12.1. The molecule has 1 N–H and O–H groups in total. The van der Waals surface area contributed by atoms with Gasteiger partial charge in [0.1, 0.15) is 5.84 Å². The van der Waals surface area contributed by atoms with E-state index in [4.69, 9.17) is 5.10 Å². The zero-order chi connectivity index (χ0) is 24.9. The Labute approximate surface area is 214 Å². The Morgan fingerprint density at radius 1 is 1.14 bits per heavy atom. The number of nitrogens with zero attached hydrogens (tertiary/aromatic N) is 5. The summed E-state index contributed by atoms with van der Waals surface area (Å²) in [6.45, 7) is 5.31. The molecular weight excluding hydrogens is 450 g/mol. The van der Waals surface area contributed by atoms with Crippen LogP contribution in [0.4, 0.5) is 5.69 Å². The second-order valence-electron chi connectivity index (χ2n) is 12.1. The first-order valence-corrected chi connectivity index (χ1v) is 14.0. The number of amidine groups is 1. The standard InChI is InChI=1S/C29H39N5O2/c1-20-14-24(7-6-22(20)18-30)34-26(21-4-2-3-5-21)15-27(31-34)32-12-9-29(10-13-32)16-23(17-29)28(36)33-11-8-25(35)19-33/h6-7,14,21,23,25-26,35H,2-5,8-13,15-17,19H2,1H3. The van der Waals surface area contributed by atoms with E-state index in [1.54, 1.807) is 0 Å². The lowest BCUT2D eigenvalue weighted by molar-refractivity contribution is -0.144. The van der Waals surface area contributed by atoms with Crippen molar-refractivity contribution in [2.45, 2.75) is 83.3 Å². The lowest BCUT2D eigenvalue weighted by atomic mass is 9.57. The quantitative estimate of drug-likeness (QED) is 0.693. The van der Waals surface area contributed by atoms with Crippen molar-refractivity contribution in [2.75, 3.05) is 31.2 Å². The summed E-state index contributed by atoms with van der Waals surface area (Å²) in [4.78, 5) is 17.2. The van der Waals surface area contributed by atoms with E-state index in [-0.39, 0.29) is 17.9 Å². The molecule has 3 aliphatic heterocycles. The van der Waals surface area contributed by atoms with Crippen LogP contribution in [0, 0.1) is 35.5 Å². The first-order chi connectivity index (χ1) is 17.4. The fraction of sp³-hybridized carbons (Fsp3) is 0.690. The molecule has 0 bridgehead atoms. The van der Waals surface area contributed by atoms with E-state index in [0.29, 0.717) is 30.5 Å². The van der Waals surface area contributed by atoms with Gasteiger partial charge in [0.25, 0.3) is 0 Å². The molecule has 3 heterocycles. The van der Waals surface area contributed by atoms with E-state index in [1.165, 1.54) is 31.5 Å². The summed E-state index contributed by atoms with van der Waals surface area (Å²) < 4.78 is 0. The van der Waals surface area contributed by atoms with Crippen LogP contribution in [-0.4, -0.2) is 65.0 Å². The fourth-order valence-corrected chi connectivity index (χ4v) is 7.59. The van der Waals surface area contributed by atoms with Gasteiger partial charge in [-0.15, -0.1) is 0 Å². The predicted octanol–water partition coefficient (Wildman–Crippen LogP) is 4.03. The third-order valence-electron chi connectivity index (χ3n) is 9.84. The summed E-state index contributed by atoms with van der Waals surface area (Å²) in [7, 11) is 0. The van der Waals surface area contributed by atoms with Crippen molar-refractivity contribution in [3.63, 3.8) is 0 Å². The SMILES string of the molecule is Cc1cc(N2N=C(N3CCC4(CC3)CC(C(=O)N3CCC(O)C3)C4)CC2C2CCCC2)ccc1C#N. The van der Waals surface area contributed by atoms with E-state index >= 15 is 0 Å². The summed E-state index contributed by atoms with van der Waals surface area (Å²) in [6.07, 6.45) is 10.9. The first-order valence-electron chi connectivity index (χ1n) is 14.0. The molecule has 2 unspecified atom stereocenters. The summed E-state index contributed by atoms with van der Waals surface area (Å²) in [5.74, 6) is 2.34. The number of aliphatic hydroxyl groups is 1. The molecule has 4 fully saturated rings. The van der Waals surface area contributed by atoms with Crippen molar-refractivity contribution < 1.29 is 9.90 Å². The first kappa shape index (κ1) is 23.8. The van der Waals surface area contributed by atoms with Gasteiger partial charge in [0.2, 0.25) is 5.91 Å². The number of piperidine rings is 1. The molecule has 7 nitrogen and oxygen atoms in total. The van der Waals surface area contributed by atoms with Crippen molar-refractivity contribution in [1.29, 1.82) is 5.26 Å². The van der Waals surface area contributed by atoms with Gasteiger partial charge in [0, 0.05) is 38.5 Å². The minimum Gasteiger partial charge on any atom is -0.391 e. The number of anilines is 1. The number of hydrazone groups is 1. The molecule has 6 rings (SSSR count). The van der Waals surface area contributed by atoms with E-state index in [1.807, 2.05) is 17.9 Å². The number of aryl methyl sites for hydroxylation is 1. The molecule has 2 atom stereocenters. The van der Waals surface area contributed by atoms with Crippen LogP contribution in [0.2, 0.25) is 0 Å². The number of hydrogen-bond donors (Lipinski definition) is 1. The number of aliphatic hydroxyl groups excluding tert-OH is 1. The molecule has 2 aliphatic carbocycles. The molecule has 192 valence electrons. The predicted molar refractivity (Wildman–Crippen MR) is 139 cm³/mol. The molecule has 1 amide bonds. The highest BCUT2D eigenvalue weighted by atomic mass is 16.3. The topological polar surface area (TPSA) is 83.2 Å². The highest BCUT2D eigenvalue weighted by Gasteiger charge is 2.50. The number of carbonyl (C=O) groups excluding carboxylic acids is 1. The number of β-amino-alcohol motifs (C(OH)–C–C–N with tert-alkyl or cyclic N) is 1. The monoisotopic (exact) mass is 489 g/mol. The van der Waals surface area contributed by atoms with Gasteiger partial charge in [-0.3, -0.25) is 9.80 Å². The van der Waals surface area contributed by atoms with Crippen LogP contribution in [0.25, 0.3) is 0 Å². The zero-order valence-corrected chi connectivity index (χ0v) is 21.5. The molecule has 5 aliphatic rings. The van der Waals surface area contributed by atoms with Crippen LogP contribution < -0.4 is 5.01 Å². The van der Waals surface area contributed by atoms with Crippen LogP contribution in [-0.2, 0) is 4.79 Å². The van der Waals surface area contributed by atoms with Crippen molar-refractivity contribution in [3.05, 3.63) is 29.3 Å². The molecule has 0 radical (unpaired) electrons. The summed E-state index contributed by atoms with van der Waals surface area (Å²) in [6, 6.07) is 8.83. The maximum absolute atomic E-state index is 12.8. The number of amides is 1. The second kappa shape index (κ2) is 9.37.